The summed E-state index contributed by atoms with van der Waals surface area (Å²) in [7, 11) is 3.31. The summed E-state index contributed by atoms with van der Waals surface area (Å²) in [6.45, 7) is 13.1. The Bertz CT molecular complexity index is 556. The molecule has 0 aliphatic rings. The molecule has 0 aromatic heterocycles. The number of amides is 2. The van der Waals surface area contributed by atoms with E-state index in [2.05, 4.69) is 10.6 Å². The Labute approximate surface area is 157 Å². The van der Waals surface area contributed by atoms with Crippen molar-refractivity contribution in [1.82, 2.24) is 15.5 Å². The van der Waals surface area contributed by atoms with Crippen molar-refractivity contribution in [2.45, 2.75) is 60.5 Å². The van der Waals surface area contributed by atoms with Gasteiger partial charge in [-0.1, -0.05) is 47.6 Å². The summed E-state index contributed by atoms with van der Waals surface area (Å²) in [6.07, 6.45) is 1.48. The second-order valence-corrected chi connectivity index (χ2v) is 8.81. The number of aliphatic carboxylic acids is 1. The van der Waals surface area contributed by atoms with E-state index in [0.29, 0.717) is 0 Å². The van der Waals surface area contributed by atoms with E-state index < -0.39 is 23.5 Å². The number of hydrogen-bond acceptors (Lipinski definition) is 4. The van der Waals surface area contributed by atoms with Gasteiger partial charge < -0.3 is 20.6 Å². The van der Waals surface area contributed by atoms with E-state index in [4.69, 9.17) is 5.11 Å². The molecule has 0 heterocycles. The van der Waals surface area contributed by atoms with Gasteiger partial charge in [-0.25, -0.2) is 4.79 Å². The quantitative estimate of drug-likeness (QED) is 0.593. The molecule has 0 aromatic rings. The lowest BCUT2D eigenvalue weighted by Crippen LogP contribution is -2.59. The van der Waals surface area contributed by atoms with E-state index in [0.717, 1.165) is 0 Å². The van der Waals surface area contributed by atoms with Gasteiger partial charge in [0.25, 0.3) is 0 Å². The molecule has 0 aliphatic heterocycles. The monoisotopic (exact) mass is 369 g/mol. The zero-order chi connectivity index (χ0) is 20.9. The summed E-state index contributed by atoms with van der Waals surface area (Å²) in [5.41, 5.74) is -0.635. The Morgan fingerprint density at radius 3 is 1.85 bits per heavy atom. The molecule has 2 atom stereocenters. The van der Waals surface area contributed by atoms with Crippen molar-refractivity contribution < 1.29 is 19.5 Å². The molecule has 2 unspecified atom stereocenters. The van der Waals surface area contributed by atoms with E-state index in [9.17, 15) is 14.4 Å². The summed E-state index contributed by atoms with van der Waals surface area (Å²) in [6, 6.07) is -1.17. The first-order valence-electron chi connectivity index (χ1n) is 8.75. The number of carboxylic acid groups (broad SMARTS) is 1. The van der Waals surface area contributed by atoms with Crippen molar-refractivity contribution in [2.75, 3.05) is 20.6 Å². The minimum absolute atomic E-state index is 0.161. The maximum absolute atomic E-state index is 12.9. The smallest absolute Gasteiger partial charge is 0.331 e. The van der Waals surface area contributed by atoms with Crippen molar-refractivity contribution in [3.8, 4) is 0 Å². The standard InChI is InChI=1S/C19H35N3O4/c1-12(17(25)26)10-11-22(9)16(24)14(19(5,6)7)21-15(23)13(20-8)18(2,3)4/h10,13-14,20H,11H2,1-9H3,(H,21,23)(H,25,26)/b12-10+. The maximum atomic E-state index is 12.9. The number of nitrogens with zero attached hydrogens (tertiary/aromatic N) is 1. The molecule has 0 aliphatic carbocycles. The lowest BCUT2D eigenvalue weighted by Gasteiger charge is -2.36. The first kappa shape index (κ1) is 24.1. The Morgan fingerprint density at radius 1 is 1.04 bits per heavy atom. The third-order valence-corrected chi connectivity index (χ3v) is 4.20. The van der Waals surface area contributed by atoms with Crippen LogP contribution in [-0.2, 0) is 14.4 Å². The summed E-state index contributed by atoms with van der Waals surface area (Å²) in [4.78, 5) is 37.9. The molecular weight excluding hydrogens is 334 g/mol. The fourth-order valence-electron chi connectivity index (χ4n) is 2.50. The Hall–Kier alpha value is -1.89. The number of carbonyl (C=O) groups is 3. The van der Waals surface area contributed by atoms with Gasteiger partial charge in [0.15, 0.2) is 0 Å². The van der Waals surface area contributed by atoms with E-state index in [1.807, 2.05) is 41.5 Å². The molecule has 2 amide bonds. The average molecular weight is 370 g/mol. The van der Waals surface area contributed by atoms with Crippen LogP contribution < -0.4 is 10.6 Å². The highest BCUT2D eigenvalue weighted by Gasteiger charge is 2.38. The summed E-state index contributed by atoms with van der Waals surface area (Å²) < 4.78 is 0. The molecule has 0 rings (SSSR count). The number of carbonyl (C=O) groups excluding carboxylic acids is 2. The van der Waals surface area contributed by atoms with Gasteiger partial charge in [0, 0.05) is 19.2 Å². The van der Waals surface area contributed by atoms with Gasteiger partial charge in [0.1, 0.15) is 6.04 Å². The predicted octanol–water partition coefficient (Wildman–Crippen LogP) is 1.64. The fraction of sp³-hybridized carbons (Fsp3) is 0.737. The van der Waals surface area contributed by atoms with Crippen LogP contribution in [0, 0.1) is 10.8 Å². The number of hydrogen-bond donors (Lipinski definition) is 3. The van der Waals surface area contributed by atoms with Gasteiger partial charge in [-0.05, 0) is 24.8 Å². The highest BCUT2D eigenvalue weighted by atomic mass is 16.4. The molecular formula is C19H35N3O4. The third kappa shape index (κ3) is 7.15. The highest BCUT2D eigenvalue weighted by Crippen LogP contribution is 2.23. The Kier molecular flexibility index (Phi) is 8.50. The van der Waals surface area contributed by atoms with Gasteiger partial charge in [0.05, 0.1) is 6.04 Å². The SMILES string of the molecule is CNC(C(=O)NC(C(=O)N(C)C/C=C(\C)C(=O)O)C(C)(C)C)C(C)(C)C. The summed E-state index contributed by atoms with van der Waals surface area (Å²) in [5, 5.41) is 14.8. The van der Waals surface area contributed by atoms with Crippen LogP contribution in [0.2, 0.25) is 0 Å². The molecule has 0 spiro atoms. The van der Waals surface area contributed by atoms with Crippen LogP contribution in [0.4, 0.5) is 0 Å². The van der Waals surface area contributed by atoms with Crippen LogP contribution >= 0.6 is 0 Å². The largest absolute Gasteiger partial charge is 0.478 e. The molecule has 0 fully saturated rings. The Balaban J connectivity index is 5.39. The van der Waals surface area contributed by atoms with E-state index >= 15 is 0 Å². The normalized spacial score (nSPS) is 15.2. The molecule has 0 saturated carbocycles. The molecule has 7 heteroatoms. The van der Waals surface area contributed by atoms with Gasteiger partial charge in [-0.15, -0.1) is 0 Å². The van der Waals surface area contributed by atoms with Crippen molar-refractivity contribution in [3.63, 3.8) is 0 Å². The Morgan fingerprint density at radius 2 is 1.50 bits per heavy atom. The van der Waals surface area contributed by atoms with Crippen LogP contribution in [0.5, 0.6) is 0 Å². The zero-order valence-electron chi connectivity index (χ0n) is 17.6. The number of nitrogens with one attached hydrogen (secondary N) is 2. The molecule has 150 valence electrons. The molecule has 0 aromatic carbocycles. The van der Waals surface area contributed by atoms with Crippen LogP contribution in [-0.4, -0.2) is 60.5 Å². The van der Waals surface area contributed by atoms with Crippen LogP contribution in [0.3, 0.4) is 0 Å². The van der Waals surface area contributed by atoms with Gasteiger partial charge in [0.2, 0.25) is 11.8 Å². The minimum atomic E-state index is -1.02. The molecule has 0 bridgehead atoms. The predicted molar refractivity (Wildman–Crippen MR) is 103 cm³/mol. The van der Waals surface area contributed by atoms with Gasteiger partial charge >= 0.3 is 5.97 Å². The van der Waals surface area contributed by atoms with Crippen LogP contribution in [0.15, 0.2) is 11.6 Å². The lowest BCUT2D eigenvalue weighted by molar-refractivity contribution is -0.139. The topological polar surface area (TPSA) is 98.7 Å². The summed E-state index contributed by atoms with van der Waals surface area (Å²) in [5.74, 6) is -1.52. The number of rotatable bonds is 7. The average Bonchev–Trinajstić information content (AvgIpc) is 2.47. The maximum Gasteiger partial charge on any atom is 0.331 e. The van der Waals surface area contributed by atoms with E-state index in [-0.39, 0.29) is 29.3 Å². The second-order valence-electron chi connectivity index (χ2n) is 8.81. The lowest BCUT2D eigenvalue weighted by atomic mass is 9.83. The van der Waals surface area contributed by atoms with Crippen molar-refractivity contribution in [2.24, 2.45) is 10.8 Å². The number of carboxylic acids is 1. The molecule has 26 heavy (non-hydrogen) atoms. The van der Waals surface area contributed by atoms with E-state index in [1.54, 1.807) is 14.1 Å². The van der Waals surface area contributed by atoms with Gasteiger partial charge in [-0.2, -0.15) is 0 Å². The minimum Gasteiger partial charge on any atom is -0.478 e. The molecule has 0 radical (unpaired) electrons. The van der Waals surface area contributed by atoms with E-state index in [1.165, 1.54) is 17.9 Å². The molecule has 0 saturated heterocycles. The van der Waals surface area contributed by atoms with Crippen molar-refractivity contribution >= 4 is 17.8 Å². The first-order chi connectivity index (χ1) is 11.6. The number of likely N-dealkylation sites (N-methyl/N-ethyl adjacent to an activating group) is 2. The first-order valence-corrected chi connectivity index (χ1v) is 8.75. The van der Waals surface area contributed by atoms with Crippen LogP contribution in [0.1, 0.15) is 48.5 Å². The zero-order valence-corrected chi connectivity index (χ0v) is 17.6. The molecule has 7 nitrogen and oxygen atoms in total. The van der Waals surface area contributed by atoms with Crippen molar-refractivity contribution in [1.29, 1.82) is 0 Å². The second kappa shape index (κ2) is 9.16. The summed E-state index contributed by atoms with van der Waals surface area (Å²) >= 11 is 0. The third-order valence-electron chi connectivity index (χ3n) is 4.20. The fourth-order valence-corrected chi connectivity index (χ4v) is 2.50. The van der Waals surface area contributed by atoms with Crippen molar-refractivity contribution in [3.05, 3.63) is 11.6 Å². The van der Waals surface area contributed by atoms with Gasteiger partial charge in [-0.3, -0.25) is 9.59 Å². The molecule has 3 N–H and O–H groups in total. The van der Waals surface area contributed by atoms with Crippen LogP contribution in [0.25, 0.3) is 0 Å². The highest BCUT2D eigenvalue weighted by molar-refractivity contribution is 5.91.